The van der Waals surface area contributed by atoms with Crippen LogP contribution in [0, 0.1) is 0 Å². The Bertz CT molecular complexity index is 845. The lowest BCUT2D eigenvalue weighted by Crippen LogP contribution is -2.04. The summed E-state index contributed by atoms with van der Waals surface area (Å²) in [7, 11) is 0. The lowest BCUT2D eigenvalue weighted by atomic mass is 9.95. The third-order valence-corrected chi connectivity index (χ3v) is 5.00. The van der Waals surface area contributed by atoms with Gasteiger partial charge in [0.25, 0.3) is 0 Å². The number of aromatic nitrogens is 4. The maximum atomic E-state index is 5.52. The van der Waals surface area contributed by atoms with Crippen molar-refractivity contribution in [1.29, 1.82) is 0 Å². The molecule has 5 heteroatoms. The van der Waals surface area contributed by atoms with Crippen LogP contribution in [0.1, 0.15) is 35.8 Å². The molecular weight excluding hydrogens is 276 g/mol. The molecule has 0 N–H and O–H groups in total. The smallest absolute Gasteiger partial charge is 0.231 e. The Labute approximate surface area is 127 Å². The number of rotatable bonds is 2. The van der Waals surface area contributed by atoms with Gasteiger partial charge in [0.1, 0.15) is 5.69 Å². The van der Waals surface area contributed by atoms with Crippen molar-refractivity contribution < 1.29 is 4.52 Å². The van der Waals surface area contributed by atoms with Gasteiger partial charge in [0, 0.05) is 23.7 Å². The third-order valence-electron chi connectivity index (χ3n) is 5.00. The van der Waals surface area contributed by atoms with E-state index in [4.69, 9.17) is 4.52 Å². The van der Waals surface area contributed by atoms with Crippen LogP contribution >= 0.6 is 0 Å². The highest BCUT2D eigenvalue weighted by molar-refractivity contribution is 5.50. The van der Waals surface area contributed by atoms with Crippen LogP contribution in [0.25, 0.3) is 11.5 Å². The molecule has 108 valence electrons. The standard InChI is InChI=1S/C17H14N4O/c1-2-4-12-11(3-1)5-6-17(12)9-13(17)16-20-15(21-22-16)14-10-18-7-8-19-14/h1-4,7-8,10,13H,5-6,9H2. The van der Waals surface area contributed by atoms with Gasteiger partial charge in [-0.25, -0.2) is 4.98 Å². The van der Waals surface area contributed by atoms with Gasteiger partial charge in [-0.05, 0) is 30.4 Å². The topological polar surface area (TPSA) is 64.7 Å². The van der Waals surface area contributed by atoms with Crippen molar-refractivity contribution in [2.75, 3.05) is 0 Å². The van der Waals surface area contributed by atoms with Gasteiger partial charge < -0.3 is 4.52 Å². The molecule has 5 rings (SSSR count). The lowest BCUT2D eigenvalue weighted by Gasteiger charge is -2.08. The summed E-state index contributed by atoms with van der Waals surface area (Å²) in [4.78, 5) is 12.8. The summed E-state index contributed by atoms with van der Waals surface area (Å²) >= 11 is 0. The summed E-state index contributed by atoms with van der Waals surface area (Å²) in [5, 5.41) is 4.07. The van der Waals surface area contributed by atoms with Gasteiger partial charge in [0.15, 0.2) is 0 Å². The zero-order chi connectivity index (χ0) is 14.6. The fourth-order valence-electron chi connectivity index (χ4n) is 3.81. The largest absolute Gasteiger partial charge is 0.339 e. The minimum atomic E-state index is 0.225. The Morgan fingerprint density at radius 1 is 1.18 bits per heavy atom. The Hall–Kier alpha value is -2.56. The molecule has 1 saturated carbocycles. The minimum absolute atomic E-state index is 0.225. The molecule has 0 radical (unpaired) electrons. The quantitative estimate of drug-likeness (QED) is 0.726. The molecule has 2 aliphatic rings. The molecule has 0 saturated heterocycles. The van der Waals surface area contributed by atoms with Crippen LogP contribution in [0.3, 0.4) is 0 Å². The predicted molar refractivity (Wildman–Crippen MR) is 79.1 cm³/mol. The molecule has 0 bridgehead atoms. The SMILES string of the molecule is c1ccc2c(c1)CCC21CC1c1nc(-c2cnccn2)no1. The van der Waals surface area contributed by atoms with Crippen molar-refractivity contribution in [1.82, 2.24) is 20.1 Å². The molecule has 22 heavy (non-hydrogen) atoms. The average Bonchev–Trinajstić information content (AvgIpc) is 2.94. The first-order chi connectivity index (χ1) is 10.9. The predicted octanol–water partition coefficient (Wildman–Crippen LogP) is 2.90. The molecule has 0 amide bonds. The lowest BCUT2D eigenvalue weighted by molar-refractivity contribution is 0.372. The summed E-state index contributed by atoms with van der Waals surface area (Å²) in [6, 6.07) is 8.73. The van der Waals surface area contributed by atoms with E-state index in [0.717, 1.165) is 18.7 Å². The summed E-state index contributed by atoms with van der Waals surface area (Å²) in [6.45, 7) is 0. The highest BCUT2D eigenvalue weighted by atomic mass is 16.5. The van der Waals surface area contributed by atoms with E-state index in [1.807, 2.05) is 0 Å². The van der Waals surface area contributed by atoms with E-state index in [0.29, 0.717) is 17.4 Å². The molecule has 2 atom stereocenters. The fraction of sp³-hybridized carbons (Fsp3) is 0.294. The van der Waals surface area contributed by atoms with E-state index >= 15 is 0 Å². The highest BCUT2D eigenvalue weighted by Gasteiger charge is 2.61. The van der Waals surface area contributed by atoms with Crippen LogP contribution in [0.4, 0.5) is 0 Å². The number of nitrogens with zero attached hydrogens (tertiary/aromatic N) is 4. The van der Waals surface area contributed by atoms with Crippen molar-refractivity contribution in [2.24, 2.45) is 0 Å². The second-order valence-corrected chi connectivity index (χ2v) is 6.12. The normalized spacial score (nSPS) is 25.4. The number of benzene rings is 1. The fourth-order valence-corrected chi connectivity index (χ4v) is 3.81. The van der Waals surface area contributed by atoms with Gasteiger partial charge >= 0.3 is 0 Å². The molecular formula is C17H14N4O. The van der Waals surface area contributed by atoms with Gasteiger partial charge in [-0.15, -0.1) is 0 Å². The van der Waals surface area contributed by atoms with E-state index in [9.17, 15) is 0 Å². The average molecular weight is 290 g/mol. The Kier molecular flexibility index (Phi) is 2.31. The van der Waals surface area contributed by atoms with E-state index in [2.05, 4.69) is 44.4 Å². The van der Waals surface area contributed by atoms with Crippen molar-refractivity contribution in [2.45, 2.75) is 30.6 Å². The monoisotopic (exact) mass is 290 g/mol. The molecule has 2 heterocycles. The Morgan fingerprint density at radius 3 is 3.05 bits per heavy atom. The molecule has 3 aromatic rings. The van der Waals surface area contributed by atoms with Gasteiger partial charge in [-0.1, -0.05) is 29.4 Å². The minimum Gasteiger partial charge on any atom is -0.339 e. The molecule has 2 unspecified atom stereocenters. The van der Waals surface area contributed by atoms with E-state index in [1.54, 1.807) is 18.6 Å². The summed E-state index contributed by atoms with van der Waals surface area (Å²) in [5.74, 6) is 1.60. The van der Waals surface area contributed by atoms with Gasteiger partial charge in [-0.3, -0.25) is 4.98 Å². The molecule has 2 aromatic heterocycles. The van der Waals surface area contributed by atoms with Crippen molar-refractivity contribution in [3.05, 3.63) is 59.9 Å². The van der Waals surface area contributed by atoms with Crippen LogP contribution in [0.5, 0.6) is 0 Å². The van der Waals surface area contributed by atoms with Crippen LogP contribution in [-0.4, -0.2) is 20.1 Å². The van der Waals surface area contributed by atoms with Crippen LogP contribution in [0.15, 0.2) is 47.4 Å². The molecule has 1 spiro atoms. The van der Waals surface area contributed by atoms with Crippen molar-refractivity contribution >= 4 is 0 Å². The number of hydrogen-bond acceptors (Lipinski definition) is 5. The molecule has 5 nitrogen and oxygen atoms in total. The highest BCUT2D eigenvalue weighted by Crippen LogP contribution is 2.65. The number of aryl methyl sites for hydroxylation is 1. The first-order valence-corrected chi connectivity index (χ1v) is 7.55. The molecule has 1 aromatic carbocycles. The van der Waals surface area contributed by atoms with Crippen LogP contribution < -0.4 is 0 Å². The maximum absolute atomic E-state index is 5.52. The maximum Gasteiger partial charge on any atom is 0.231 e. The van der Waals surface area contributed by atoms with Crippen molar-refractivity contribution in [3.63, 3.8) is 0 Å². The molecule has 2 aliphatic carbocycles. The Morgan fingerprint density at radius 2 is 2.14 bits per heavy atom. The zero-order valence-electron chi connectivity index (χ0n) is 11.9. The van der Waals surface area contributed by atoms with Crippen LogP contribution in [-0.2, 0) is 11.8 Å². The Balaban J connectivity index is 1.48. The van der Waals surface area contributed by atoms with Crippen LogP contribution in [0.2, 0.25) is 0 Å². The second kappa shape index (κ2) is 4.22. The van der Waals surface area contributed by atoms with E-state index < -0.39 is 0 Å². The van der Waals surface area contributed by atoms with Gasteiger partial charge in [0.2, 0.25) is 11.7 Å². The number of fused-ring (bicyclic) bond motifs is 2. The van der Waals surface area contributed by atoms with Crippen molar-refractivity contribution in [3.8, 4) is 11.5 Å². The summed E-state index contributed by atoms with van der Waals surface area (Å²) < 4.78 is 5.52. The summed E-state index contributed by atoms with van der Waals surface area (Å²) in [5.41, 5.74) is 3.82. The zero-order valence-corrected chi connectivity index (χ0v) is 11.9. The first-order valence-electron chi connectivity index (χ1n) is 7.55. The number of hydrogen-bond donors (Lipinski definition) is 0. The van der Waals surface area contributed by atoms with E-state index in [-0.39, 0.29) is 5.41 Å². The molecule has 1 fully saturated rings. The summed E-state index contributed by atoms with van der Waals surface area (Å²) in [6.07, 6.45) is 8.36. The first kappa shape index (κ1) is 12.0. The molecule has 0 aliphatic heterocycles. The van der Waals surface area contributed by atoms with Gasteiger partial charge in [0.05, 0.1) is 6.20 Å². The van der Waals surface area contributed by atoms with E-state index in [1.165, 1.54) is 17.5 Å². The third kappa shape index (κ3) is 1.59. The second-order valence-electron chi connectivity index (χ2n) is 6.12. The van der Waals surface area contributed by atoms with Gasteiger partial charge in [-0.2, -0.15) is 4.98 Å².